The van der Waals surface area contributed by atoms with Crippen molar-refractivity contribution in [3.05, 3.63) is 6.20 Å². The van der Waals surface area contributed by atoms with Crippen molar-refractivity contribution in [2.45, 2.75) is 39.2 Å². The first kappa shape index (κ1) is 13.1. The van der Waals surface area contributed by atoms with E-state index in [1.54, 1.807) is 6.20 Å². The van der Waals surface area contributed by atoms with Crippen LogP contribution >= 0.6 is 0 Å². The third kappa shape index (κ3) is 2.53. The maximum Gasteiger partial charge on any atom is 0.241 e. The molecule has 2 aromatic rings. The number of nitrogen functional groups attached to an aromatic ring is 1. The molecular formula is C13H21N7. The Morgan fingerprint density at radius 3 is 2.65 bits per heavy atom. The van der Waals surface area contributed by atoms with Gasteiger partial charge in [-0.25, -0.2) is 5.84 Å². The highest BCUT2D eigenvalue weighted by molar-refractivity contribution is 5.87. The topological polar surface area (TPSA) is 105 Å². The number of hydrogen-bond acceptors (Lipinski definition) is 6. The Kier molecular flexibility index (Phi) is 3.43. The fourth-order valence-corrected chi connectivity index (χ4v) is 3.27. The summed E-state index contributed by atoms with van der Waals surface area (Å²) in [5.41, 5.74) is 3.18. The summed E-state index contributed by atoms with van der Waals surface area (Å²) in [5, 5.41) is 11.3. The molecule has 0 aromatic carbocycles. The molecule has 0 saturated heterocycles. The first-order valence-corrected chi connectivity index (χ1v) is 7.10. The number of fused-ring (bicyclic) bond motifs is 1. The van der Waals surface area contributed by atoms with Crippen LogP contribution in [0.5, 0.6) is 0 Å². The number of nitrogens with two attached hydrogens (primary N) is 1. The summed E-state index contributed by atoms with van der Waals surface area (Å²) in [5.74, 6) is 8.08. The summed E-state index contributed by atoms with van der Waals surface area (Å²) in [4.78, 5) is 8.65. The zero-order chi connectivity index (χ0) is 14.1. The van der Waals surface area contributed by atoms with Gasteiger partial charge >= 0.3 is 0 Å². The molecule has 1 aliphatic rings. The Balaban J connectivity index is 1.87. The fourth-order valence-electron chi connectivity index (χ4n) is 3.27. The van der Waals surface area contributed by atoms with Crippen molar-refractivity contribution >= 4 is 22.8 Å². The number of aromatic amines is 1. The molecule has 0 aliphatic heterocycles. The van der Waals surface area contributed by atoms with Crippen molar-refractivity contribution in [3.8, 4) is 0 Å². The molecule has 0 spiro atoms. The zero-order valence-electron chi connectivity index (χ0n) is 11.8. The van der Waals surface area contributed by atoms with Crippen molar-refractivity contribution in [1.29, 1.82) is 0 Å². The normalized spacial score (nSPS) is 26.6. The summed E-state index contributed by atoms with van der Waals surface area (Å²) in [6, 6.07) is 0.437. The van der Waals surface area contributed by atoms with Gasteiger partial charge in [0, 0.05) is 6.04 Å². The molecule has 2 aromatic heterocycles. The van der Waals surface area contributed by atoms with E-state index in [1.807, 2.05) is 0 Å². The Bertz CT molecular complexity index is 583. The van der Waals surface area contributed by atoms with E-state index in [-0.39, 0.29) is 0 Å². The van der Waals surface area contributed by atoms with Gasteiger partial charge in [-0.05, 0) is 31.1 Å². The minimum absolute atomic E-state index is 0.390. The first-order valence-electron chi connectivity index (χ1n) is 7.10. The van der Waals surface area contributed by atoms with Crippen molar-refractivity contribution in [2.24, 2.45) is 17.7 Å². The predicted octanol–water partition coefficient (Wildman–Crippen LogP) is 1.88. The van der Waals surface area contributed by atoms with Crippen LogP contribution in [0.1, 0.15) is 33.1 Å². The average Bonchev–Trinajstić information content (AvgIpc) is 2.85. The smallest absolute Gasteiger partial charge is 0.241 e. The minimum Gasteiger partial charge on any atom is -0.367 e. The van der Waals surface area contributed by atoms with Gasteiger partial charge in [-0.1, -0.05) is 13.8 Å². The van der Waals surface area contributed by atoms with Crippen LogP contribution in [0.4, 0.5) is 11.8 Å². The van der Waals surface area contributed by atoms with E-state index < -0.39 is 0 Å². The average molecular weight is 275 g/mol. The molecule has 7 nitrogen and oxygen atoms in total. The molecular weight excluding hydrogens is 254 g/mol. The van der Waals surface area contributed by atoms with Crippen LogP contribution in [-0.4, -0.2) is 26.2 Å². The number of rotatable bonds is 3. The lowest BCUT2D eigenvalue weighted by atomic mass is 9.80. The van der Waals surface area contributed by atoms with Gasteiger partial charge in [0.25, 0.3) is 0 Å². The second kappa shape index (κ2) is 5.24. The molecule has 7 heteroatoms. The monoisotopic (exact) mass is 275 g/mol. The van der Waals surface area contributed by atoms with Crippen molar-refractivity contribution in [2.75, 3.05) is 10.7 Å². The van der Waals surface area contributed by atoms with Crippen LogP contribution in [0.25, 0.3) is 11.0 Å². The highest BCUT2D eigenvalue weighted by Crippen LogP contribution is 2.31. The number of hydrogen-bond donors (Lipinski definition) is 4. The van der Waals surface area contributed by atoms with Gasteiger partial charge in [-0.3, -0.25) is 10.5 Å². The van der Waals surface area contributed by atoms with Crippen LogP contribution in [0.2, 0.25) is 0 Å². The van der Waals surface area contributed by atoms with Gasteiger partial charge < -0.3 is 5.32 Å². The van der Waals surface area contributed by atoms with Gasteiger partial charge in [0.1, 0.15) is 5.82 Å². The second-order valence-corrected chi connectivity index (χ2v) is 5.93. The molecule has 1 fully saturated rings. The summed E-state index contributed by atoms with van der Waals surface area (Å²) in [6.45, 7) is 4.62. The molecule has 20 heavy (non-hydrogen) atoms. The van der Waals surface area contributed by atoms with E-state index >= 15 is 0 Å². The Hall–Kier alpha value is -1.89. The van der Waals surface area contributed by atoms with Gasteiger partial charge in [-0.15, -0.1) is 0 Å². The Labute approximate surface area is 117 Å². The van der Waals surface area contributed by atoms with E-state index in [1.165, 1.54) is 19.3 Å². The lowest BCUT2D eigenvalue weighted by molar-refractivity contribution is 0.280. The highest BCUT2D eigenvalue weighted by Gasteiger charge is 2.24. The third-order valence-electron chi connectivity index (χ3n) is 3.96. The predicted molar refractivity (Wildman–Crippen MR) is 79.1 cm³/mol. The van der Waals surface area contributed by atoms with Crippen LogP contribution in [-0.2, 0) is 0 Å². The summed E-state index contributed by atoms with van der Waals surface area (Å²) >= 11 is 0. The Morgan fingerprint density at radius 2 is 1.95 bits per heavy atom. The Morgan fingerprint density at radius 1 is 1.20 bits per heavy atom. The molecule has 2 unspecified atom stereocenters. The lowest BCUT2D eigenvalue weighted by Crippen LogP contribution is -2.30. The molecule has 2 heterocycles. The number of nitrogens with zero attached hydrogens (tertiary/aromatic N) is 3. The lowest BCUT2D eigenvalue weighted by Gasteiger charge is -2.32. The first-order chi connectivity index (χ1) is 9.65. The molecule has 2 atom stereocenters. The second-order valence-electron chi connectivity index (χ2n) is 5.93. The van der Waals surface area contributed by atoms with Crippen LogP contribution in [0.15, 0.2) is 6.20 Å². The SMILES string of the molecule is CC1CC(C)CC(Nc2nc(NN)nc3[nH]ncc23)C1. The van der Waals surface area contributed by atoms with Gasteiger partial charge in [0.2, 0.25) is 5.95 Å². The molecule has 1 saturated carbocycles. The maximum atomic E-state index is 5.42. The van der Waals surface area contributed by atoms with E-state index in [0.717, 1.165) is 23.0 Å². The molecule has 108 valence electrons. The summed E-state index contributed by atoms with van der Waals surface area (Å²) in [6.07, 6.45) is 5.38. The van der Waals surface area contributed by atoms with Gasteiger partial charge in [-0.2, -0.15) is 15.1 Å². The molecule has 3 rings (SSSR count). The number of H-pyrrole nitrogens is 1. The third-order valence-corrected chi connectivity index (χ3v) is 3.96. The minimum atomic E-state index is 0.390. The number of nitrogens with one attached hydrogen (secondary N) is 3. The molecule has 0 bridgehead atoms. The molecule has 1 aliphatic carbocycles. The highest BCUT2D eigenvalue weighted by atomic mass is 15.3. The maximum absolute atomic E-state index is 5.42. The standard InChI is InChI=1S/C13H21N7/c1-7-3-8(2)5-9(4-7)16-11-10-6-15-20-12(10)18-13(17-11)19-14/h6-9H,3-5,14H2,1-2H3,(H3,15,16,17,18,19,20). The van der Waals surface area contributed by atoms with E-state index in [0.29, 0.717) is 17.6 Å². The van der Waals surface area contributed by atoms with Crippen LogP contribution < -0.4 is 16.6 Å². The van der Waals surface area contributed by atoms with E-state index in [4.69, 9.17) is 5.84 Å². The van der Waals surface area contributed by atoms with Crippen molar-refractivity contribution in [3.63, 3.8) is 0 Å². The quantitative estimate of drug-likeness (QED) is 0.503. The fraction of sp³-hybridized carbons (Fsp3) is 0.615. The van der Waals surface area contributed by atoms with E-state index in [9.17, 15) is 0 Å². The van der Waals surface area contributed by atoms with Crippen molar-refractivity contribution < 1.29 is 0 Å². The number of anilines is 2. The van der Waals surface area contributed by atoms with Crippen molar-refractivity contribution in [1.82, 2.24) is 20.2 Å². The zero-order valence-corrected chi connectivity index (χ0v) is 11.8. The van der Waals surface area contributed by atoms with Crippen LogP contribution in [0.3, 0.4) is 0 Å². The van der Waals surface area contributed by atoms with E-state index in [2.05, 4.69) is 44.8 Å². The van der Waals surface area contributed by atoms with Gasteiger partial charge in [0.15, 0.2) is 5.65 Å². The molecule has 5 N–H and O–H groups in total. The molecule has 0 amide bonds. The number of aromatic nitrogens is 4. The summed E-state index contributed by atoms with van der Waals surface area (Å²) < 4.78 is 0. The molecule has 0 radical (unpaired) electrons. The number of hydrazine groups is 1. The van der Waals surface area contributed by atoms with Gasteiger partial charge in [0.05, 0.1) is 11.6 Å². The van der Waals surface area contributed by atoms with Crippen LogP contribution in [0, 0.1) is 11.8 Å². The summed E-state index contributed by atoms with van der Waals surface area (Å²) in [7, 11) is 0. The largest absolute Gasteiger partial charge is 0.367 e.